The van der Waals surface area contributed by atoms with Gasteiger partial charge in [-0.3, -0.25) is 4.79 Å². The van der Waals surface area contributed by atoms with Crippen LogP contribution in [0, 0.1) is 3.57 Å². The third-order valence-electron chi connectivity index (χ3n) is 4.35. The third kappa shape index (κ3) is 6.96. The highest BCUT2D eigenvalue weighted by molar-refractivity contribution is 14.1. The largest absolute Gasteiger partial charge is 0.508 e. The van der Waals surface area contributed by atoms with Crippen LogP contribution in [-0.4, -0.2) is 41.9 Å². The lowest BCUT2D eigenvalue weighted by molar-refractivity contribution is -0.140. The van der Waals surface area contributed by atoms with Crippen LogP contribution < -0.4 is 10.6 Å². The van der Waals surface area contributed by atoms with Gasteiger partial charge in [-0.25, -0.2) is 0 Å². The second-order valence-electron chi connectivity index (χ2n) is 6.50. The summed E-state index contributed by atoms with van der Waals surface area (Å²) in [5.74, 6) is -0.0842. The molecule has 0 aliphatic heterocycles. The molecule has 0 aromatic heterocycles. The lowest BCUT2D eigenvalue weighted by Crippen LogP contribution is -2.33. The fourth-order valence-electron chi connectivity index (χ4n) is 2.75. The number of aromatic hydroxyl groups is 1. The maximum Gasteiger partial charge on any atom is 0.325 e. The summed E-state index contributed by atoms with van der Waals surface area (Å²) < 4.78 is 5.95. The number of hydrogen-bond donors (Lipinski definition) is 4. The van der Waals surface area contributed by atoms with Crippen molar-refractivity contribution in [1.82, 2.24) is 5.32 Å². The molecule has 0 aliphatic carbocycles. The number of esters is 1. The first-order valence-electron chi connectivity index (χ1n) is 9.29. The number of anilines is 1. The van der Waals surface area contributed by atoms with Gasteiger partial charge in [0.25, 0.3) is 0 Å². The summed E-state index contributed by atoms with van der Waals surface area (Å²) in [5.41, 5.74) is 2.84. The minimum atomic E-state index is -0.643. The van der Waals surface area contributed by atoms with Gasteiger partial charge in [0.05, 0.1) is 12.7 Å². The molecule has 0 saturated heterocycles. The summed E-state index contributed by atoms with van der Waals surface area (Å²) >= 11 is 2.24. The monoisotopic (exact) mass is 498 g/mol. The van der Waals surface area contributed by atoms with Gasteiger partial charge in [-0.1, -0.05) is 18.2 Å². The van der Waals surface area contributed by atoms with Crippen molar-refractivity contribution in [2.24, 2.45) is 0 Å². The Morgan fingerprint density at radius 3 is 2.57 bits per heavy atom. The third-order valence-corrected chi connectivity index (χ3v) is 5.24. The van der Waals surface area contributed by atoms with Gasteiger partial charge in [-0.15, -0.1) is 0 Å². The van der Waals surface area contributed by atoms with E-state index in [2.05, 4.69) is 39.3 Å². The van der Waals surface area contributed by atoms with Crippen molar-refractivity contribution < 1.29 is 19.7 Å². The number of rotatable bonds is 10. The number of benzene rings is 2. The van der Waals surface area contributed by atoms with Crippen LogP contribution in [0.2, 0.25) is 0 Å². The number of phenolic OH excluding ortho intramolecular Hbond substituents is 1. The second-order valence-corrected chi connectivity index (χ2v) is 7.66. The standard InChI is InChI=1S/C21H27IN2O4/c1-3-28-20(26)13-24-19-9-4-15(12-18(19)22)10-11-23-14(2)21(27)16-5-7-17(25)8-6-16/h4-9,12,14,21,23-25,27H,3,10-11,13H2,1-2H3/t14-,21+/m0/s1. The number of aliphatic hydroxyl groups is 1. The van der Waals surface area contributed by atoms with Crippen LogP contribution in [-0.2, 0) is 16.0 Å². The van der Waals surface area contributed by atoms with Crippen molar-refractivity contribution in [1.29, 1.82) is 0 Å². The highest BCUT2D eigenvalue weighted by Crippen LogP contribution is 2.21. The van der Waals surface area contributed by atoms with Crippen molar-refractivity contribution in [3.05, 3.63) is 57.2 Å². The molecule has 2 atom stereocenters. The van der Waals surface area contributed by atoms with Crippen molar-refractivity contribution >= 4 is 34.2 Å². The van der Waals surface area contributed by atoms with Gasteiger partial charge >= 0.3 is 5.97 Å². The summed E-state index contributed by atoms with van der Waals surface area (Å²) in [7, 11) is 0. The van der Waals surface area contributed by atoms with Crippen molar-refractivity contribution in [3.63, 3.8) is 0 Å². The molecule has 6 nitrogen and oxygen atoms in total. The zero-order valence-corrected chi connectivity index (χ0v) is 18.3. The van der Waals surface area contributed by atoms with E-state index in [1.807, 2.05) is 19.1 Å². The molecule has 0 radical (unpaired) electrons. The van der Waals surface area contributed by atoms with Crippen LogP contribution >= 0.6 is 22.6 Å². The zero-order chi connectivity index (χ0) is 20.5. The predicted octanol–water partition coefficient (Wildman–Crippen LogP) is 3.23. The first-order valence-corrected chi connectivity index (χ1v) is 10.4. The summed E-state index contributed by atoms with van der Waals surface area (Å²) in [4.78, 5) is 11.4. The number of aliphatic hydroxyl groups excluding tert-OH is 1. The SMILES string of the molecule is CCOC(=O)CNc1ccc(CCN[C@@H](C)[C@@H](O)c2ccc(O)cc2)cc1I. The van der Waals surface area contributed by atoms with Crippen molar-refractivity contribution in [2.45, 2.75) is 32.4 Å². The summed E-state index contributed by atoms with van der Waals surface area (Å²) in [6.45, 7) is 4.97. The first-order chi connectivity index (χ1) is 13.4. The van der Waals surface area contributed by atoms with E-state index in [0.717, 1.165) is 27.8 Å². The molecule has 152 valence electrons. The van der Waals surface area contributed by atoms with Gasteiger partial charge in [0, 0.05) is 15.3 Å². The number of phenols is 1. The van der Waals surface area contributed by atoms with Crippen LogP contribution in [0.5, 0.6) is 5.75 Å². The lowest BCUT2D eigenvalue weighted by Gasteiger charge is -2.21. The molecule has 0 heterocycles. The summed E-state index contributed by atoms with van der Waals surface area (Å²) in [5, 5.41) is 26.2. The van der Waals surface area contributed by atoms with Gasteiger partial charge in [-0.05, 0) is 84.8 Å². The normalized spacial score (nSPS) is 13.0. The van der Waals surface area contributed by atoms with Crippen LogP contribution in [0.15, 0.2) is 42.5 Å². The van der Waals surface area contributed by atoms with Gasteiger partial charge in [0.2, 0.25) is 0 Å². The molecule has 0 saturated carbocycles. The molecule has 2 aromatic rings. The molecule has 4 N–H and O–H groups in total. The molecule has 0 amide bonds. The number of halogens is 1. The topological polar surface area (TPSA) is 90.8 Å². The molecule has 0 aliphatic rings. The molecular formula is C21H27IN2O4. The number of carbonyl (C=O) groups excluding carboxylic acids is 1. The number of ether oxygens (including phenoxy) is 1. The first kappa shape index (κ1) is 22.4. The predicted molar refractivity (Wildman–Crippen MR) is 119 cm³/mol. The Hall–Kier alpha value is -1.84. The molecular weight excluding hydrogens is 471 g/mol. The van der Waals surface area contributed by atoms with E-state index in [1.54, 1.807) is 31.2 Å². The van der Waals surface area contributed by atoms with E-state index < -0.39 is 6.10 Å². The van der Waals surface area contributed by atoms with Crippen LogP contribution in [0.3, 0.4) is 0 Å². The Kier molecular flexibility index (Phi) is 9.01. The number of hydrogen-bond acceptors (Lipinski definition) is 6. The zero-order valence-electron chi connectivity index (χ0n) is 16.1. The highest BCUT2D eigenvalue weighted by Gasteiger charge is 2.15. The Labute approximate surface area is 179 Å². The van der Waals surface area contributed by atoms with E-state index in [-0.39, 0.29) is 24.3 Å². The van der Waals surface area contributed by atoms with E-state index >= 15 is 0 Å². The minimum Gasteiger partial charge on any atom is -0.508 e. The average molecular weight is 498 g/mol. The van der Waals surface area contributed by atoms with Gasteiger partial charge < -0.3 is 25.6 Å². The molecule has 0 fully saturated rings. The molecule has 0 bridgehead atoms. The minimum absolute atomic E-state index is 0.117. The molecule has 2 aromatic carbocycles. The Morgan fingerprint density at radius 1 is 1.21 bits per heavy atom. The van der Waals surface area contributed by atoms with E-state index in [0.29, 0.717) is 6.61 Å². The highest BCUT2D eigenvalue weighted by atomic mass is 127. The van der Waals surface area contributed by atoms with E-state index in [9.17, 15) is 15.0 Å². The lowest BCUT2D eigenvalue weighted by atomic mass is 10.0. The number of carbonyl (C=O) groups is 1. The van der Waals surface area contributed by atoms with Gasteiger partial charge in [-0.2, -0.15) is 0 Å². The van der Waals surface area contributed by atoms with E-state index in [1.165, 1.54) is 5.56 Å². The fraction of sp³-hybridized carbons (Fsp3) is 0.381. The summed E-state index contributed by atoms with van der Waals surface area (Å²) in [6, 6.07) is 12.6. The Morgan fingerprint density at radius 2 is 1.93 bits per heavy atom. The van der Waals surface area contributed by atoms with Crippen LogP contribution in [0.4, 0.5) is 5.69 Å². The molecule has 2 rings (SSSR count). The Bertz CT molecular complexity index is 768. The Balaban J connectivity index is 1.81. The number of nitrogens with one attached hydrogen (secondary N) is 2. The van der Waals surface area contributed by atoms with Gasteiger partial charge in [0.15, 0.2) is 0 Å². The van der Waals surface area contributed by atoms with Crippen LogP contribution in [0.1, 0.15) is 31.1 Å². The second kappa shape index (κ2) is 11.2. The van der Waals surface area contributed by atoms with Crippen molar-refractivity contribution in [2.75, 3.05) is 25.0 Å². The maximum absolute atomic E-state index is 11.4. The average Bonchev–Trinajstić information content (AvgIpc) is 2.67. The smallest absolute Gasteiger partial charge is 0.325 e. The molecule has 0 spiro atoms. The molecule has 0 unspecified atom stereocenters. The summed E-state index contributed by atoms with van der Waals surface area (Å²) in [6.07, 6.45) is 0.177. The van der Waals surface area contributed by atoms with Gasteiger partial charge in [0.1, 0.15) is 12.3 Å². The quantitative estimate of drug-likeness (QED) is 0.297. The maximum atomic E-state index is 11.4. The fourth-order valence-corrected chi connectivity index (χ4v) is 3.52. The van der Waals surface area contributed by atoms with E-state index in [4.69, 9.17) is 4.74 Å². The van der Waals surface area contributed by atoms with Crippen molar-refractivity contribution in [3.8, 4) is 5.75 Å². The molecule has 28 heavy (non-hydrogen) atoms. The molecule has 7 heteroatoms. The van der Waals surface area contributed by atoms with Crippen LogP contribution in [0.25, 0.3) is 0 Å².